The molecule has 3 rings (SSSR count). The molecule has 0 saturated heterocycles. The Balaban J connectivity index is 2.13. The molecule has 1 aliphatic carbocycles. The van der Waals surface area contributed by atoms with E-state index in [1.807, 2.05) is 0 Å². The molecule has 0 amide bonds. The summed E-state index contributed by atoms with van der Waals surface area (Å²) in [6.07, 6.45) is 2.39. The third kappa shape index (κ3) is 1.97. The van der Waals surface area contributed by atoms with Crippen molar-refractivity contribution < 1.29 is 0 Å². The second kappa shape index (κ2) is 4.48. The van der Waals surface area contributed by atoms with Gasteiger partial charge in [-0.15, -0.1) is 10.2 Å². The quantitative estimate of drug-likeness (QED) is 0.948. The van der Waals surface area contributed by atoms with E-state index in [1.54, 1.807) is 0 Å². The molecule has 18 heavy (non-hydrogen) atoms. The van der Waals surface area contributed by atoms with Gasteiger partial charge in [0.1, 0.15) is 5.82 Å². The van der Waals surface area contributed by atoms with Gasteiger partial charge in [0.25, 0.3) is 0 Å². The van der Waals surface area contributed by atoms with E-state index in [0.717, 1.165) is 21.7 Å². The van der Waals surface area contributed by atoms with Crippen molar-refractivity contribution in [3.8, 4) is 11.4 Å². The first-order valence-corrected chi connectivity index (χ1v) is 6.90. The van der Waals surface area contributed by atoms with Crippen LogP contribution in [-0.2, 0) is 6.54 Å². The number of nitrogens with zero attached hydrogens (tertiary/aromatic N) is 3. The molecule has 1 aliphatic rings. The van der Waals surface area contributed by atoms with E-state index < -0.39 is 0 Å². The highest BCUT2D eigenvalue weighted by Gasteiger charge is 2.29. The lowest BCUT2D eigenvalue weighted by molar-refractivity contribution is 0.687. The second-order valence-electron chi connectivity index (χ2n) is 4.73. The zero-order chi connectivity index (χ0) is 12.7. The van der Waals surface area contributed by atoms with Crippen LogP contribution in [0.15, 0.2) is 22.7 Å². The molecular weight excluding hydrogens is 292 g/mol. The van der Waals surface area contributed by atoms with Gasteiger partial charge in [-0.05, 0) is 37.5 Å². The smallest absolute Gasteiger partial charge is 0.165 e. The van der Waals surface area contributed by atoms with Crippen LogP contribution in [0.5, 0.6) is 0 Å². The molecule has 94 valence electrons. The molecule has 4 nitrogen and oxygen atoms in total. The summed E-state index contributed by atoms with van der Waals surface area (Å²) in [7, 11) is 0. The summed E-state index contributed by atoms with van der Waals surface area (Å²) >= 11 is 3.61. The van der Waals surface area contributed by atoms with Crippen molar-refractivity contribution in [1.29, 1.82) is 0 Å². The summed E-state index contributed by atoms with van der Waals surface area (Å²) in [5.74, 6) is 1.80. The van der Waals surface area contributed by atoms with E-state index in [0.29, 0.717) is 12.6 Å². The predicted octanol–water partition coefficient (Wildman–Crippen LogP) is 2.81. The lowest BCUT2D eigenvalue weighted by atomic mass is 10.1. The minimum absolute atomic E-state index is 0.437. The minimum atomic E-state index is 0.437. The Kier molecular flexibility index (Phi) is 2.95. The lowest BCUT2D eigenvalue weighted by Crippen LogP contribution is -2.08. The van der Waals surface area contributed by atoms with Crippen LogP contribution in [0.25, 0.3) is 11.4 Å². The van der Waals surface area contributed by atoms with Crippen molar-refractivity contribution in [3.63, 3.8) is 0 Å². The minimum Gasteiger partial charge on any atom is -0.324 e. The molecule has 0 unspecified atom stereocenters. The van der Waals surface area contributed by atoms with Crippen molar-refractivity contribution in [1.82, 2.24) is 14.8 Å². The first-order valence-electron chi connectivity index (χ1n) is 6.11. The van der Waals surface area contributed by atoms with Crippen molar-refractivity contribution in [2.24, 2.45) is 5.73 Å². The topological polar surface area (TPSA) is 56.7 Å². The number of hydrogen-bond acceptors (Lipinski definition) is 3. The van der Waals surface area contributed by atoms with Gasteiger partial charge in [-0.3, -0.25) is 0 Å². The second-order valence-corrected chi connectivity index (χ2v) is 5.58. The highest BCUT2D eigenvalue weighted by molar-refractivity contribution is 9.10. The highest BCUT2D eigenvalue weighted by Crippen LogP contribution is 2.40. The molecule has 0 aliphatic heterocycles. The summed E-state index contributed by atoms with van der Waals surface area (Å²) in [4.78, 5) is 0. The Hall–Kier alpha value is -1.20. The Labute approximate surface area is 114 Å². The number of nitrogens with two attached hydrogens (primary N) is 1. The van der Waals surface area contributed by atoms with Crippen LogP contribution < -0.4 is 5.73 Å². The highest BCUT2D eigenvalue weighted by atomic mass is 79.9. The molecule has 1 aromatic heterocycles. The summed E-state index contributed by atoms with van der Waals surface area (Å²) in [5, 5.41) is 8.51. The molecule has 2 aromatic rings. The Morgan fingerprint density at radius 3 is 2.78 bits per heavy atom. The fraction of sp³-hybridized carbons (Fsp3) is 0.385. The summed E-state index contributed by atoms with van der Waals surface area (Å²) in [6.45, 7) is 2.51. The van der Waals surface area contributed by atoms with Gasteiger partial charge < -0.3 is 10.3 Å². The summed E-state index contributed by atoms with van der Waals surface area (Å²) < 4.78 is 3.25. The van der Waals surface area contributed by atoms with Crippen molar-refractivity contribution in [3.05, 3.63) is 34.1 Å². The summed E-state index contributed by atoms with van der Waals surface area (Å²) in [5.41, 5.74) is 8.04. The van der Waals surface area contributed by atoms with Gasteiger partial charge >= 0.3 is 0 Å². The molecule has 1 aromatic carbocycles. The third-order valence-corrected chi connectivity index (χ3v) is 3.88. The Morgan fingerprint density at radius 2 is 2.17 bits per heavy atom. The molecule has 5 heteroatoms. The summed E-state index contributed by atoms with van der Waals surface area (Å²) in [6, 6.07) is 6.81. The van der Waals surface area contributed by atoms with E-state index in [1.165, 1.54) is 18.4 Å². The van der Waals surface area contributed by atoms with Crippen LogP contribution >= 0.6 is 15.9 Å². The van der Waals surface area contributed by atoms with Crippen LogP contribution in [0.2, 0.25) is 0 Å². The zero-order valence-electron chi connectivity index (χ0n) is 10.2. The van der Waals surface area contributed by atoms with Gasteiger partial charge in [-0.25, -0.2) is 0 Å². The first-order chi connectivity index (χ1) is 8.70. The normalized spacial score (nSPS) is 15.1. The monoisotopic (exact) mass is 306 g/mol. The lowest BCUT2D eigenvalue weighted by Gasteiger charge is -2.09. The molecule has 2 N–H and O–H groups in total. The maximum absolute atomic E-state index is 5.73. The van der Waals surface area contributed by atoms with Gasteiger partial charge in [-0.2, -0.15) is 0 Å². The average molecular weight is 307 g/mol. The van der Waals surface area contributed by atoms with E-state index >= 15 is 0 Å². The fourth-order valence-corrected chi connectivity index (χ4v) is 2.83. The van der Waals surface area contributed by atoms with Gasteiger partial charge in [0.05, 0.1) is 6.54 Å². The van der Waals surface area contributed by atoms with Crippen molar-refractivity contribution in [2.75, 3.05) is 0 Å². The number of aryl methyl sites for hydroxylation is 1. The SMILES string of the molecule is Cc1ccc(-c2nnc(CN)n2C2CC2)c(Br)c1. The third-order valence-electron chi connectivity index (χ3n) is 3.23. The maximum atomic E-state index is 5.73. The molecule has 1 fully saturated rings. The average Bonchev–Trinajstić information content (AvgIpc) is 3.09. The van der Waals surface area contributed by atoms with E-state index in [9.17, 15) is 0 Å². The van der Waals surface area contributed by atoms with Gasteiger partial charge in [0.15, 0.2) is 5.82 Å². The molecule has 0 bridgehead atoms. The standard InChI is InChI=1S/C13H15BrN4/c1-8-2-5-10(11(14)6-8)13-17-16-12(7-15)18(13)9-3-4-9/h2,5-6,9H,3-4,7,15H2,1H3. The number of rotatable bonds is 3. The van der Waals surface area contributed by atoms with Crippen molar-refractivity contribution in [2.45, 2.75) is 32.4 Å². The van der Waals surface area contributed by atoms with Crippen LogP contribution in [0.1, 0.15) is 30.3 Å². The number of hydrogen-bond donors (Lipinski definition) is 1. The molecule has 0 spiro atoms. The molecule has 1 saturated carbocycles. The van der Waals surface area contributed by atoms with Crippen LogP contribution in [0.4, 0.5) is 0 Å². The van der Waals surface area contributed by atoms with Gasteiger partial charge in [0, 0.05) is 16.1 Å². The first kappa shape index (κ1) is 11.9. The number of aromatic nitrogens is 3. The van der Waals surface area contributed by atoms with Crippen LogP contribution in [0, 0.1) is 6.92 Å². The molecule has 0 atom stereocenters. The Bertz CT molecular complexity index is 587. The number of benzene rings is 1. The van der Waals surface area contributed by atoms with E-state index in [2.05, 4.69) is 55.8 Å². The van der Waals surface area contributed by atoms with E-state index in [4.69, 9.17) is 5.73 Å². The number of halogens is 1. The van der Waals surface area contributed by atoms with Crippen LogP contribution in [0.3, 0.4) is 0 Å². The molecule has 1 heterocycles. The van der Waals surface area contributed by atoms with E-state index in [-0.39, 0.29) is 0 Å². The Morgan fingerprint density at radius 1 is 1.39 bits per heavy atom. The van der Waals surface area contributed by atoms with Crippen molar-refractivity contribution >= 4 is 15.9 Å². The predicted molar refractivity (Wildman–Crippen MR) is 74.1 cm³/mol. The largest absolute Gasteiger partial charge is 0.324 e. The zero-order valence-corrected chi connectivity index (χ0v) is 11.8. The molecule has 0 radical (unpaired) electrons. The van der Waals surface area contributed by atoms with Gasteiger partial charge in [-0.1, -0.05) is 22.0 Å². The maximum Gasteiger partial charge on any atom is 0.165 e. The van der Waals surface area contributed by atoms with Gasteiger partial charge in [0.2, 0.25) is 0 Å². The van der Waals surface area contributed by atoms with Crippen LogP contribution in [-0.4, -0.2) is 14.8 Å². The molecular formula is C13H15BrN4. The fourth-order valence-electron chi connectivity index (χ4n) is 2.16.